The Labute approximate surface area is 164 Å². The highest BCUT2D eigenvalue weighted by Crippen LogP contribution is 2.26. The molecule has 0 aliphatic rings. The van der Waals surface area contributed by atoms with Crippen LogP contribution in [0.2, 0.25) is 0 Å². The topological polar surface area (TPSA) is 77.5 Å². The molecule has 3 aromatic rings. The average Bonchev–Trinajstić information content (AvgIpc) is 3.20. The fourth-order valence-electron chi connectivity index (χ4n) is 2.31. The quantitative estimate of drug-likeness (QED) is 0.629. The van der Waals surface area contributed by atoms with Crippen LogP contribution < -0.4 is 10.1 Å². The number of para-hydroxylation sites is 1. The van der Waals surface area contributed by atoms with Crippen molar-refractivity contribution in [2.24, 2.45) is 0 Å². The molecule has 0 aliphatic carbocycles. The lowest BCUT2D eigenvalue weighted by Gasteiger charge is -2.13. The van der Waals surface area contributed by atoms with Crippen LogP contribution in [0.15, 0.2) is 53.9 Å². The van der Waals surface area contributed by atoms with Gasteiger partial charge in [0.1, 0.15) is 16.6 Å². The van der Waals surface area contributed by atoms with Crippen LogP contribution in [0.3, 0.4) is 0 Å². The van der Waals surface area contributed by atoms with E-state index in [1.807, 2.05) is 12.1 Å². The first-order chi connectivity index (χ1) is 13.5. The first-order valence-corrected chi connectivity index (χ1v) is 9.22. The van der Waals surface area contributed by atoms with Gasteiger partial charge in [0.25, 0.3) is 5.91 Å². The fraction of sp³-hybridized carbons (Fsp3) is 0.150. The van der Waals surface area contributed by atoms with Crippen molar-refractivity contribution in [2.45, 2.75) is 13.0 Å². The molecule has 0 spiro atoms. The Balaban J connectivity index is 1.63. The van der Waals surface area contributed by atoms with E-state index < -0.39 is 23.8 Å². The number of hydrogen-bond acceptors (Lipinski definition) is 6. The summed E-state index contributed by atoms with van der Waals surface area (Å²) < 4.78 is 23.9. The van der Waals surface area contributed by atoms with Gasteiger partial charge < -0.3 is 14.8 Å². The van der Waals surface area contributed by atoms with Crippen LogP contribution in [0.5, 0.6) is 5.75 Å². The number of rotatable bonds is 6. The minimum atomic E-state index is -1.11. The number of benzene rings is 2. The van der Waals surface area contributed by atoms with Crippen LogP contribution in [-0.4, -0.2) is 30.1 Å². The van der Waals surface area contributed by atoms with Gasteiger partial charge in [0.2, 0.25) is 0 Å². The Bertz CT molecular complexity index is 988. The van der Waals surface area contributed by atoms with Crippen LogP contribution in [0.25, 0.3) is 10.6 Å². The molecule has 0 unspecified atom stereocenters. The molecule has 1 atom stereocenters. The van der Waals surface area contributed by atoms with Crippen LogP contribution in [0.4, 0.5) is 10.1 Å². The third-order valence-corrected chi connectivity index (χ3v) is 4.73. The Morgan fingerprint density at radius 2 is 1.86 bits per heavy atom. The minimum Gasteiger partial charge on any atom is -0.497 e. The standard InChI is InChI=1S/C20H17FN2O4S/c1-12(18(24)22-16-6-4-3-5-15(16)21)27-20(25)17-11-28-19(23-17)13-7-9-14(26-2)10-8-13/h3-12H,1-2H3,(H,22,24)/t12-/m1/s1. The third kappa shape index (κ3) is 4.52. The molecule has 0 radical (unpaired) electrons. The number of carbonyl (C=O) groups excluding carboxylic acids is 2. The van der Waals surface area contributed by atoms with E-state index >= 15 is 0 Å². The number of thiazole rings is 1. The summed E-state index contributed by atoms with van der Waals surface area (Å²) in [5, 5.41) is 4.58. The molecule has 0 fully saturated rings. The van der Waals surface area contributed by atoms with E-state index in [2.05, 4.69) is 10.3 Å². The van der Waals surface area contributed by atoms with Crippen LogP contribution in [-0.2, 0) is 9.53 Å². The maximum Gasteiger partial charge on any atom is 0.358 e. The SMILES string of the molecule is COc1ccc(-c2nc(C(=O)O[C@H](C)C(=O)Nc3ccccc3F)cs2)cc1. The lowest BCUT2D eigenvalue weighted by molar-refractivity contribution is -0.123. The Morgan fingerprint density at radius 1 is 1.14 bits per heavy atom. The van der Waals surface area contributed by atoms with Gasteiger partial charge in [-0.3, -0.25) is 4.79 Å². The van der Waals surface area contributed by atoms with Crippen molar-refractivity contribution in [3.63, 3.8) is 0 Å². The van der Waals surface area contributed by atoms with E-state index in [1.54, 1.807) is 30.7 Å². The van der Waals surface area contributed by atoms with E-state index in [9.17, 15) is 14.0 Å². The van der Waals surface area contributed by atoms with E-state index in [1.165, 1.54) is 36.5 Å². The molecule has 0 saturated carbocycles. The highest BCUT2D eigenvalue weighted by Gasteiger charge is 2.22. The molecule has 28 heavy (non-hydrogen) atoms. The molecule has 1 amide bonds. The number of esters is 1. The van der Waals surface area contributed by atoms with Crippen molar-refractivity contribution in [3.05, 3.63) is 65.4 Å². The molecule has 144 valence electrons. The molecule has 3 rings (SSSR count). The van der Waals surface area contributed by atoms with E-state index in [-0.39, 0.29) is 11.4 Å². The monoisotopic (exact) mass is 400 g/mol. The van der Waals surface area contributed by atoms with Gasteiger partial charge in [-0.2, -0.15) is 0 Å². The Hall–Kier alpha value is -3.26. The third-order valence-electron chi connectivity index (χ3n) is 3.84. The van der Waals surface area contributed by atoms with E-state index in [0.29, 0.717) is 5.01 Å². The molecule has 0 saturated heterocycles. The zero-order valence-electron chi connectivity index (χ0n) is 15.1. The van der Waals surface area contributed by atoms with E-state index in [0.717, 1.165) is 11.3 Å². The summed E-state index contributed by atoms with van der Waals surface area (Å²) in [6.07, 6.45) is -1.11. The number of halogens is 1. The number of aromatic nitrogens is 1. The summed E-state index contributed by atoms with van der Waals surface area (Å²) in [4.78, 5) is 28.7. The van der Waals surface area contributed by atoms with Gasteiger partial charge in [0.15, 0.2) is 11.8 Å². The highest BCUT2D eigenvalue weighted by molar-refractivity contribution is 7.13. The number of carbonyl (C=O) groups is 2. The lowest BCUT2D eigenvalue weighted by Crippen LogP contribution is -2.30. The fourth-order valence-corrected chi connectivity index (χ4v) is 3.10. The molecule has 1 heterocycles. The molecule has 2 aromatic carbocycles. The molecule has 1 N–H and O–H groups in total. The van der Waals surface area contributed by atoms with E-state index in [4.69, 9.17) is 9.47 Å². The molecule has 0 aliphatic heterocycles. The smallest absolute Gasteiger partial charge is 0.358 e. The summed E-state index contributed by atoms with van der Waals surface area (Å²) in [6, 6.07) is 13.0. The zero-order chi connectivity index (χ0) is 20.1. The van der Waals surface area contributed by atoms with Crippen molar-refractivity contribution >= 4 is 28.9 Å². The van der Waals surface area contributed by atoms with Crippen molar-refractivity contribution in [2.75, 3.05) is 12.4 Å². The van der Waals surface area contributed by atoms with Crippen molar-refractivity contribution < 1.29 is 23.5 Å². The Kier molecular flexibility index (Phi) is 6.00. The number of nitrogens with one attached hydrogen (secondary N) is 1. The molecular formula is C20H17FN2O4S. The average molecular weight is 400 g/mol. The molecule has 6 nitrogen and oxygen atoms in total. The number of methoxy groups -OCH3 is 1. The molecule has 8 heteroatoms. The summed E-state index contributed by atoms with van der Waals surface area (Å²) >= 11 is 1.28. The predicted molar refractivity (Wildman–Crippen MR) is 104 cm³/mol. The second-order valence-electron chi connectivity index (χ2n) is 5.78. The van der Waals surface area contributed by atoms with Crippen LogP contribution in [0, 0.1) is 5.82 Å². The second-order valence-corrected chi connectivity index (χ2v) is 6.64. The first kappa shape index (κ1) is 19.5. The number of nitrogens with zero attached hydrogens (tertiary/aromatic N) is 1. The van der Waals surface area contributed by atoms with Gasteiger partial charge in [0.05, 0.1) is 12.8 Å². The molecule has 1 aromatic heterocycles. The highest BCUT2D eigenvalue weighted by atomic mass is 32.1. The predicted octanol–water partition coefficient (Wildman–Crippen LogP) is 4.14. The normalized spacial score (nSPS) is 11.5. The maximum absolute atomic E-state index is 13.6. The summed E-state index contributed by atoms with van der Waals surface area (Å²) in [5.41, 5.74) is 0.947. The molecular weight excluding hydrogens is 383 g/mol. The van der Waals surface area contributed by atoms with Gasteiger partial charge in [-0.25, -0.2) is 14.2 Å². The van der Waals surface area contributed by atoms with Crippen molar-refractivity contribution in [3.8, 4) is 16.3 Å². The summed E-state index contributed by atoms with van der Waals surface area (Å²) in [7, 11) is 1.58. The van der Waals surface area contributed by atoms with Crippen LogP contribution in [0.1, 0.15) is 17.4 Å². The number of ether oxygens (including phenoxy) is 2. The van der Waals surface area contributed by atoms with Crippen LogP contribution >= 0.6 is 11.3 Å². The molecule has 0 bridgehead atoms. The summed E-state index contributed by atoms with van der Waals surface area (Å²) in [5.74, 6) is -1.22. The van der Waals surface area contributed by atoms with Gasteiger partial charge in [-0.05, 0) is 43.3 Å². The number of anilines is 1. The number of amides is 1. The second kappa shape index (κ2) is 8.62. The minimum absolute atomic E-state index is 0.0193. The number of hydrogen-bond donors (Lipinski definition) is 1. The zero-order valence-corrected chi connectivity index (χ0v) is 16.0. The van der Waals surface area contributed by atoms with Gasteiger partial charge in [-0.15, -0.1) is 11.3 Å². The van der Waals surface area contributed by atoms with Gasteiger partial charge >= 0.3 is 5.97 Å². The van der Waals surface area contributed by atoms with Crippen molar-refractivity contribution in [1.29, 1.82) is 0 Å². The largest absolute Gasteiger partial charge is 0.497 e. The first-order valence-electron chi connectivity index (χ1n) is 8.34. The van der Waals surface area contributed by atoms with Gasteiger partial charge in [0, 0.05) is 10.9 Å². The lowest BCUT2D eigenvalue weighted by atomic mass is 10.2. The maximum atomic E-state index is 13.6. The van der Waals surface area contributed by atoms with Crippen molar-refractivity contribution in [1.82, 2.24) is 4.98 Å². The summed E-state index contributed by atoms with van der Waals surface area (Å²) in [6.45, 7) is 1.41. The van der Waals surface area contributed by atoms with Gasteiger partial charge in [-0.1, -0.05) is 12.1 Å². The Morgan fingerprint density at radius 3 is 2.54 bits per heavy atom.